The molecule has 0 saturated heterocycles. The third-order valence-electron chi connectivity index (χ3n) is 1.34. The summed E-state index contributed by atoms with van der Waals surface area (Å²) < 4.78 is 21.5. The molecule has 0 aromatic rings. The lowest BCUT2D eigenvalue weighted by molar-refractivity contribution is 0.140. The van der Waals surface area contributed by atoms with Gasteiger partial charge in [0.2, 0.25) is 0 Å². The van der Waals surface area contributed by atoms with Crippen LogP contribution in [0.2, 0.25) is 0 Å². The topological polar surface area (TPSA) is 54.4 Å². The van der Waals surface area contributed by atoms with E-state index in [1.807, 2.05) is 20.8 Å². The fraction of sp³-hybridized carbons (Fsp3) is 1.00. The van der Waals surface area contributed by atoms with Crippen LogP contribution in [0.4, 0.5) is 0 Å². The maximum absolute atomic E-state index is 10.8. The second-order valence-corrected chi connectivity index (χ2v) is 6.70. The lowest BCUT2D eigenvalue weighted by Gasteiger charge is -2.21. The fourth-order valence-corrected chi connectivity index (χ4v) is 1.93. The summed E-state index contributed by atoms with van der Waals surface area (Å²) in [4.78, 5) is 0. The minimum Gasteiger partial charge on any atom is -0.392 e. The Hall–Kier alpha value is -0.0900. The first kappa shape index (κ1) is 11.9. The Morgan fingerprint density at radius 1 is 1.33 bits per heavy atom. The van der Waals surface area contributed by atoms with Gasteiger partial charge in [-0.25, -0.2) is 8.42 Å². The minimum absolute atomic E-state index is 0.0237. The van der Waals surface area contributed by atoms with Crippen LogP contribution in [-0.4, -0.2) is 31.6 Å². The summed E-state index contributed by atoms with van der Waals surface area (Å²) in [5, 5.41) is 9.34. The summed E-state index contributed by atoms with van der Waals surface area (Å²) in [5.41, 5.74) is -0.0237. The van der Waals surface area contributed by atoms with E-state index in [1.54, 1.807) is 0 Å². The van der Waals surface area contributed by atoms with Crippen LogP contribution >= 0.6 is 0 Å². The van der Waals surface area contributed by atoms with Crippen molar-refractivity contribution < 1.29 is 13.5 Å². The van der Waals surface area contributed by atoms with Gasteiger partial charge in [0.05, 0.1) is 11.9 Å². The molecular weight excluding hydrogens is 176 g/mol. The van der Waals surface area contributed by atoms with Crippen LogP contribution < -0.4 is 0 Å². The predicted molar refractivity (Wildman–Crippen MR) is 49.8 cm³/mol. The third-order valence-corrected chi connectivity index (χ3v) is 2.33. The molecule has 1 atom stereocenters. The van der Waals surface area contributed by atoms with Crippen molar-refractivity contribution in [1.29, 1.82) is 0 Å². The number of aliphatic hydroxyl groups excluding tert-OH is 1. The van der Waals surface area contributed by atoms with Gasteiger partial charge >= 0.3 is 0 Å². The molecule has 1 unspecified atom stereocenters. The van der Waals surface area contributed by atoms with E-state index in [1.165, 1.54) is 0 Å². The van der Waals surface area contributed by atoms with Crippen molar-refractivity contribution in [2.24, 2.45) is 5.41 Å². The van der Waals surface area contributed by atoms with Crippen molar-refractivity contribution in [2.75, 3.05) is 12.0 Å². The van der Waals surface area contributed by atoms with Gasteiger partial charge < -0.3 is 5.11 Å². The standard InChI is InChI=1S/C8H18O3S/c1-8(2,3)5-7(9)6-12(4,10)11/h7,9H,5-6H2,1-4H3. The van der Waals surface area contributed by atoms with Crippen LogP contribution in [0.25, 0.3) is 0 Å². The van der Waals surface area contributed by atoms with Gasteiger partial charge in [-0.1, -0.05) is 20.8 Å². The Kier molecular flexibility index (Phi) is 3.72. The molecule has 0 fully saturated rings. The number of sulfone groups is 1. The van der Waals surface area contributed by atoms with Gasteiger partial charge in [-0.05, 0) is 11.8 Å². The third kappa shape index (κ3) is 8.01. The second-order valence-electron chi connectivity index (χ2n) is 4.51. The van der Waals surface area contributed by atoms with Crippen molar-refractivity contribution in [3.05, 3.63) is 0 Å². The van der Waals surface area contributed by atoms with Gasteiger partial charge in [0.1, 0.15) is 9.84 Å². The summed E-state index contributed by atoms with van der Waals surface area (Å²) in [5.74, 6) is -0.135. The molecule has 4 heteroatoms. The van der Waals surface area contributed by atoms with Crippen molar-refractivity contribution in [3.8, 4) is 0 Å². The average Bonchev–Trinajstić information content (AvgIpc) is 1.49. The molecule has 0 amide bonds. The Labute approximate surface area is 74.7 Å². The van der Waals surface area contributed by atoms with E-state index in [0.29, 0.717) is 6.42 Å². The summed E-state index contributed by atoms with van der Waals surface area (Å²) in [6.45, 7) is 5.91. The second kappa shape index (κ2) is 3.75. The SMILES string of the molecule is CC(C)(C)CC(O)CS(C)(=O)=O. The molecular formula is C8H18O3S. The highest BCUT2D eigenvalue weighted by molar-refractivity contribution is 7.90. The zero-order chi connectivity index (χ0) is 9.99. The molecule has 0 rings (SSSR count). The molecule has 0 aliphatic heterocycles. The summed E-state index contributed by atoms with van der Waals surface area (Å²) in [6, 6.07) is 0. The van der Waals surface area contributed by atoms with Crippen LogP contribution in [0.15, 0.2) is 0 Å². The maximum atomic E-state index is 10.8. The Bertz CT molecular complexity index is 223. The van der Waals surface area contributed by atoms with Crippen LogP contribution in [0, 0.1) is 5.41 Å². The predicted octanol–water partition coefficient (Wildman–Crippen LogP) is 0.828. The first-order valence-electron chi connectivity index (χ1n) is 3.96. The van der Waals surface area contributed by atoms with Gasteiger partial charge in [0.25, 0.3) is 0 Å². The Balaban J connectivity index is 4.00. The van der Waals surface area contributed by atoms with E-state index < -0.39 is 15.9 Å². The van der Waals surface area contributed by atoms with E-state index in [2.05, 4.69) is 0 Å². The first-order chi connectivity index (χ1) is 5.10. The van der Waals surface area contributed by atoms with Gasteiger partial charge in [0.15, 0.2) is 0 Å². The van der Waals surface area contributed by atoms with E-state index in [-0.39, 0.29) is 11.2 Å². The van der Waals surface area contributed by atoms with Crippen molar-refractivity contribution in [1.82, 2.24) is 0 Å². The largest absolute Gasteiger partial charge is 0.392 e. The van der Waals surface area contributed by atoms with Gasteiger partial charge in [-0.15, -0.1) is 0 Å². The Morgan fingerprint density at radius 3 is 2.00 bits per heavy atom. The zero-order valence-corrected chi connectivity index (χ0v) is 8.98. The fourth-order valence-electron chi connectivity index (χ4n) is 1.12. The molecule has 0 saturated carbocycles. The number of rotatable bonds is 3. The number of hydrogen-bond acceptors (Lipinski definition) is 3. The molecule has 0 aromatic heterocycles. The van der Waals surface area contributed by atoms with Crippen molar-refractivity contribution in [2.45, 2.75) is 33.3 Å². The zero-order valence-electron chi connectivity index (χ0n) is 8.16. The minimum atomic E-state index is -3.05. The highest BCUT2D eigenvalue weighted by Gasteiger charge is 2.19. The number of aliphatic hydroxyl groups is 1. The number of hydrogen-bond donors (Lipinski definition) is 1. The highest BCUT2D eigenvalue weighted by Crippen LogP contribution is 2.21. The lowest BCUT2D eigenvalue weighted by Crippen LogP contribution is -2.25. The summed E-state index contributed by atoms with van der Waals surface area (Å²) in [6.07, 6.45) is 0.916. The maximum Gasteiger partial charge on any atom is 0.149 e. The molecule has 12 heavy (non-hydrogen) atoms. The quantitative estimate of drug-likeness (QED) is 0.724. The Morgan fingerprint density at radius 2 is 1.75 bits per heavy atom. The van der Waals surface area contributed by atoms with Crippen LogP contribution in [0.5, 0.6) is 0 Å². The first-order valence-corrected chi connectivity index (χ1v) is 6.02. The van der Waals surface area contributed by atoms with Gasteiger partial charge in [-0.2, -0.15) is 0 Å². The van der Waals surface area contributed by atoms with Crippen LogP contribution in [0.1, 0.15) is 27.2 Å². The van der Waals surface area contributed by atoms with E-state index in [9.17, 15) is 13.5 Å². The van der Waals surface area contributed by atoms with Gasteiger partial charge in [-0.3, -0.25) is 0 Å². The molecule has 0 aromatic carbocycles. The molecule has 0 aliphatic carbocycles. The molecule has 3 nitrogen and oxygen atoms in total. The summed E-state index contributed by atoms with van der Waals surface area (Å²) >= 11 is 0. The molecule has 74 valence electrons. The smallest absolute Gasteiger partial charge is 0.149 e. The van der Waals surface area contributed by atoms with Crippen LogP contribution in [0.3, 0.4) is 0 Å². The van der Waals surface area contributed by atoms with E-state index in [4.69, 9.17) is 0 Å². The average molecular weight is 194 g/mol. The molecule has 0 spiro atoms. The highest BCUT2D eigenvalue weighted by atomic mass is 32.2. The van der Waals surface area contributed by atoms with Crippen molar-refractivity contribution >= 4 is 9.84 Å². The molecule has 0 aliphatic rings. The van der Waals surface area contributed by atoms with Crippen molar-refractivity contribution in [3.63, 3.8) is 0 Å². The summed E-state index contributed by atoms with van der Waals surface area (Å²) in [7, 11) is -3.05. The molecule has 0 radical (unpaired) electrons. The van der Waals surface area contributed by atoms with E-state index >= 15 is 0 Å². The lowest BCUT2D eigenvalue weighted by atomic mass is 9.90. The normalized spacial score (nSPS) is 16.1. The van der Waals surface area contributed by atoms with E-state index in [0.717, 1.165) is 6.26 Å². The monoisotopic (exact) mass is 194 g/mol. The molecule has 0 heterocycles. The molecule has 0 bridgehead atoms. The molecule has 1 N–H and O–H groups in total. The van der Waals surface area contributed by atoms with Crippen LogP contribution in [-0.2, 0) is 9.84 Å². The van der Waals surface area contributed by atoms with Gasteiger partial charge in [0, 0.05) is 6.26 Å².